The first-order valence-corrected chi connectivity index (χ1v) is 17.3. The van der Waals surface area contributed by atoms with E-state index in [2.05, 4.69) is 52.1 Å². The summed E-state index contributed by atoms with van der Waals surface area (Å²) >= 11 is 0. The van der Waals surface area contributed by atoms with Crippen LogP contribution in [0.3, 0.4) is 0 Å². The van der Waals surface area contributed by atoms with Gasteiger partial charge < -0.3 is 30.8 Å². The number of likely N-dealkylation sites (N-methyl/N-ethyl adjacent to an activating group) is 1. The molecule has 0 aliphatic carbocycles. The Morgan fingerprint density at radius 3 is 2.40 bits per heavy atom. The lowest BCUT2D eigenvalue weighted by atomic mass is 9.99. The summed E-state index contributed by atoms with van der Waals surface area (Å²) in [5, 5.41) is 14.2. The van der Waals surface area contributed by atoms with E-state index in [-0.39, 0.29) is 23.1 Å². The lowest BCUT2D eigenvalue weighted by Gasteiger charge is -2.24. The molecule has 0 fully saturated rings. The Balaban J connectivity index is 0.000000235. The van der Waals surface area contributed by atoms with Gasteiger partial charge in [0.05, 0.1) is 30.4 Å². The van der Waals surface area contributed by atoms with Gasteiger partial charge in [0.1, 0.15) is 12.3 Å². The number of rotatable bonds is 16. The molecule has 52 heavy (non-hydrogen) atoms. The number of anilines is 2. The molecule has 272 valence electrons. The summed E-state index contributed by atoms with van der Waals surface area (Å²) in [5.41, 5.74) is 4.77. The maximum Gasteiger partial charge on any atom is 0.264 e. The van der Waals surface area contributed by atoms with Crippen molar-refractivity contribution in [1.29, 1.82) is 0 Å². The Morgan fingerprint density at radius 2 is 1.67 bits per heavy atom. The fourth-order valence-corrected chi connectivity index (χ4v) is 6.05. The summed E-state index contributed by atoms with van der Waals surface area (Å²) in [6.07, 6.45) is 3.56. The Morgan fingerprint density at radius 1 is 0.923 bits per heavy atom. The molecule has 2 unspecified atom stereocenters. The Bertz CT molecular complexity index is 1920. The van der Waals surface area contributed by atoms with Gasteiger partial charge in [0.2, 0.25) is 5.91 Å². The van der Waals surface area contributed by atoms with Crippen molar-refractivity contribution in [1.82, 2.24) is 15.5 Å². The number of amides is 4. The van der Waals surface area contributed by atoms with Crippen LogP contribution in [0.15, 0.2) is 91.5 Å². The highest BCUT2D eigenvalue weighted by atomic mass is 16.5. The van der Waals surface area contributed by atoms with Gasteiger partial charge in [-0.15, -0.1) is 6.58 Å². The van der Waals surface area contributed by atoms with Gasteiger partial charge in [0.25, 0.3) is 17.7 Å². The van der Waals surface area contributed by atoms with Crippen LogP contribution >= 0.6 is 0 Å². The van der Waals surface area contributed by atoms with Gasteiger partial charge >= 0.3 is 0 Å². The Hall–Kier alpha value is -5.81. The zero-order valence-corrected chi connectivity index (χ0v) is 30.2. The van der Waals surface area contributed by atoms with E-state index in [9.17, 15) is 24.0 Å². The monoisotopic (exact) mass is 705 g/mol. The lowest BCUT2D eigenvalue weighted by Crippen LogP contribution is -2.48. The summed E-state index contributed by atoms with van der Waals surface area (Å²) in [7, 11) is 3.32. The quantitative estimate of drug-likeness (QED) is 0.0477. The number of ether oxygens (including phenoxy) is 1. The summed E-state index contributed by atoms with van der Waals surface area (Å²) in [6.45, 7) is 8.71. The number of carbonyl (C=O) groups is 5. The molecule has 0 saturated carbocycles. The lowest BCUT2D eigenvalue weighted by molar-refractivity contribution is -0.124. The van der Waals surface area contributed by atoms with Crippen molar-refractivity contribution in [3.8, 4) is 0 Å². The molecule has 0 saturated heterocycles. The number of imide groups is 1. The predicted octanol–water partition coefficient (Wildman–Crippen LogP) is 6.06. The minimum absolute atomic E-state index is 0.0509. The van der Waals surface area contributed by atoms with Crippen molar-refractivity contribution < 1.29 is 28.7 Å². The molecule has 0 bridgehead atoms. The molecule has 0 spiro atoms. The predicted molar refractivity (Wildman–Crippen MR) is 205 cm³/mol. The molecule has 4 aromatic carbocycles. The maximum absolute atomic E-state index is 13.0. The third-order valence-electron chi connectivity index (χ3n) is 8.80. The van der Waals surface area contributed by atoms with Gasteiger partial charge in [-0.25, -0.2) is 0 Å². The number of nitrogens with one attached hydrogen (secondary N) is 4. The number of hydrogen-bond donors (Lipinski definition) is 4. The first-order chi connectivity index (χ1) is 25.2. The molecule has 4 N–H and O–H groups in total. The van der Waals surface area contributed by atoms with Crippen molar-refractivity contribution in [3.05, 3.63) is 119 Å². The van der Waals surface area contributed by atoms with Crippen molar-refractivity contribution >= 4 is 52.1 Å². The van der Waals surface area contributed by atoms with Crippen LogP contribution in [0.4, 0.5) is 11.4 Å². The van der Waals surface area contributed by atoms with Crippen LogP contribution in [0, 0.1) is 6.92 Å². The van der Waals surface area contributed by atoms with E-state index in [0.717, 1.165) is 28.0 Å². The maximum atomic E-state index is 13.0. The standard InChI is InChI=1S/C21H22N2O.C20H25N3O5/c1-14-11-12-17(22-3)13-20(14)21(24)23-15(2)18-10-6-8-16-7-4-5-9-19(16)18;1-3-4-9-16(18(25)21-2)23-19(26)14-7-5-8-15(17(14)20(23)27)22-10-13-28-12-6-11-24/h4-13,15,22H,1-3H3,(H,23,24);3,5,7-8,11,16,22H,1,4,6,9-10,12-13H2,2H3,(H,21,25). The van der Waals surface area contributed by atoms with Crippen LogP contribution in [0.25, 0.3) is 10.8 Å². The minimum atomic E-state index is -0.894. The van der Waals surface area contributed by atoms with Gasteiger partial charge in [-0.3, -0.25) is 24.1 Å². The number of fused-ring (bicyclic) bond motifs is 2. The Kier molecular flexibility index (Phi) is 14.2. The van der Waals surface area contributed by atoms with Crippen LogP contribution in [0.1, 0.15) is 74.4 Å². The van der Waals surface area contributed by atoms with Crippen molar-refractivity contribution in [2.45, 2.75) is 45.2 Å². The smallest absolute Gasteiger partial charge is 0.264 e. The molecule has 5 rings (SSSR count). The van der Waals surface area contributed by atoms with Crippen molar-refractivity contribution in [2.24, 2.45) is 0 Å². The topological polar surface area (TPSA) is 146 Å². The van der Waals surface area contributed by atoms with Gasteiger partial charge in [-0.1, -0.05) is 60.7 Å². The molecular formula is C41H47N5O6. The summed E-state index contributed by atoms with van der Waals surface area (Å²) in [4.78, 5) is 62.2. The van der Waals surface area contributed by atoms with Gasteiger partial charge in [0, 0.05) is 44.0 Å². The molecule has 0 radical (unpaired) electrons. The summed E-state index contributed by atoms with van der Waals surface area (Å²) in [5.74, 6) is -1.43. The van der Waals surface area contributed by atoms with Crippen LogP contribution < -0.4 is 21.3 Å². The van der Waals surface area contributed by atoms with Gasteiger partial charge in [-0.05, 0) is 72.9 Å². The van der Waals surface area contributed by atoms with E-state index in [1.54, 1.807) is 24.3 Å². The number of allylic oxidation sites excluding steroid dienone is 1. The number of benzene rings is 4. The number of carbonyl (C=O) groups excluding carboxylic acids is 5. The van der Waals surface area contributed by atoms with Crippen molar-refractivity contribution in [3.63, 3.8) is 0 Å². The molecule has 1 aliphatic rings. The van der Waals surface area contributed by atoms with Gasteiger partial charge in [-0.2, -0.15) is 0 Å². The van der Waals surface area contributed by atoms with Crippen LogP contribution in [-0.2, 0) is 14.3 Å². The van der Waals surface area contributed by atoms with Crippen LogP contribution in [-0.4, -0.2) is 74.7 Å². The molecule has 1 heterocycles. The average Bonchev–Trinajstić information content (AvgIpc) is 3.42. The normalized spacial score (nSPS) is 13.0. The molecule has 4 amide bonds. The molecule has 2 atom stereocenters. The summed E-state index contributed by atoms with van der Waals surface area (Å²) < 4.78 is 5.29. The zero-order valence-electron chi connectivity index (χ0n) is 30.2. The van der Waals surface area contributed by atoms with E-state index in [1.165, 1.54) is 17.8 Å². The number of nitrogens with zero attached hydrogens (tertiary/aromatic N) is 1. The Labute approximate surface area is 304 Å². The zero-order chi connectivity index (χ0) is 37.6. The van der Waals surface area contributed by atoms with Crippen molar-refractivity contribution in [2.75, 3.05) is 44.5 Å². The first-order valence-electron chi connectivity index (χ1n) is 17.3. The third kappa shape index (κ3) is 9.29. The molecule has 11 nitrogen and oxygen atoms in total. The van der Waals surface area contributed by atoms with Gasteiger partial charge in [0.15, 0.2) is 0 Å². The second kappa shape index (κ2) is 19.0. The van der Waals surface area contributed by atoms with E-state index < -0.39 is 23.8 Å². The van der Waals surface area contributed by atoms with E-state index in [1.807, 2.05) is 57.3 Å². The number of aldehydes is 1. The first kappa shape index (κ1) is 39.0. The number of aryl methyl sites for hydroxylation is 1. The SMILES string of the molecule is C=CCCC(C(=O)NC)N1C(=O)c2cccc(NCCOCCC=O)c2C1=O.CNc1ccc(C)c(C(=O)NC(C)c2cccc3ccccc23)c1. The number of hydrogen-bond acceptors (Lipinski definition) is 8. The van der Waals surface area contributed by atoms with Crippen LogP contribution in [0.2, 0.25) is 0 Å². The highest BCUT2D eigenvalue weighted by Gasteiger charge is 2.43. The molecule has 4 aromatic rings. The average molecular weight is 706 g/mol. The molecule has 0 aromatic heterocycles. The fraction of sp³-hybridized carbons (Fsp3) is 0.293. The molecule has 1 aliphatic heterocycles. The van der Waals surface area contributed by atoms with E-state index in [0.29, 0.717) is 50.3 Å². The molecular weight excluding hydrogens is 658 g/mol. The van der Waals surface area contributed by atoms with E-state index in [4.69, 9.17) is 4.74 Å². The fourth-order valence-electron chi connectivity index (χ4n) is 6.05. The second-order valence-electron chi connectivity index (χ2n) is 12.2. The molecule has 11 heteroatoms. The minimum Gasteiger partial charge on any atom is -0.388 e. The highest BCUT2D eigenvalue weighted by Crippen LogP contribution is 2.32. The van der Waals surface area contributed by atoms with Crippen LogP contribution in [0.5, 0.6) is 0 Å². The third-order valence-corrected chi connectivity index (χ3v) is 8.80. The largest absolute Gasteiger partial charge is 0.388 e. The highest BCUT2D eigenvalue weighted by molar-refractivity contribution is 6.25. The van der Waals surface area contributed by atoms with E-state index >= 15 is 0 Å². The summed E-state index contributed by atoms with van der Waals surface area (Å²) in [6, 6.07) is 24.3. The second-order valence-corrected chi connectivity index (χ2v) is 12.2.